The molecule has 0 spiro atoms. The first-order valence-corrected chi connectivity index (χ1v) is 8.07. The highest BCUT2D eigenvalue weighted by Gasteiger charge is 2.19. The summed E-state index contributed by atoms with van der Waals surface area (Å²) in [5.41, 5.74) is 1.15. The molecule has 0 bridgehead atoms. The van der Waals surface area contributed by atoms with Gasteiger partial charge in [0.1, 0.15) is 5.82 Å². The van der Waals surface area contributed by atoms with Gasteiger partial charge in [0.15, 0.2) is 0 Å². The van der Waals surface area contributed by atoms with Crippen molar-refractivity contribution in [2.24, 2.45) is 5.92 Å². The van der Waals surface area contributed by atoms with Gasteiger partial charge in [0.05, 0.1) is 0 Å². The van der Waals surface area contributed by atoms with E-state index in [2.05, 4.69) is 53.0 Å². The van der Waals surface area contributed by atoms with Crippen molar-refractivity contribution in [3.63, 3.8) is 0 Å². The third-order valence-corrected chi connectivity index (χ3v) is 4.21. The van der Waals surface area contributed by atoms with Gasteiger partial charge in [-0.3, -0.25) is 0 Å². The van der Waals surface area contributed by atoms with Crippen LogP contribution in [0.3, 0.4) is 0 Å². The van der Waals surface area contributed by atoms with Crippen molar-refractivity contribution in [2.75, 3.05) is 50.5 Å². The van der Waals surface area contributed by atoms with E-state index >= 15 is 0 Å². The Morgan fingerprint density at radius 1 is 1.38 bits per heavy atom. The zero-order chi connectivity index (χ0) is 15.2. The molecule has 118 valence electrons. The number of hydrogen-bond acceptors (Lipinski definition) is 5. The maximum Gasteiger partial charge on any atom is 0.224 e. The van der Waals surface area contributed by atoms with E-state index in [1.54, 1.807) is 0 Å². The van der Waals surface area contributed by atoms with Gasteiger partial charge < -0.3 is 15.1 Å². The van der Waals surface area contributed by atoms with E-state index in [4.69, 9.17) is 0 Å². The Morgan fingerprint density at radius 2 is 2.10 bits per heavy atom. The molecule has 0 radical (unpaired) electrons. The molecule has 1 fully saturated rings. The van der Waals surface area contributed by atoms with Gasteiger partial charge >= 0.3 is 0 Å². The molecule has 0 atom stereocenters. The fourth-order valence-corrected chi connectivity index (χ4v) is 2.86. The molecular formula is C16H29N5. The molecular weight excluding hydrogens is 262 g/mol. The number of nitrogens with one attached hydrogen (secondary N) is 1. The van der Waals surface area contributed by atoms with Gasteiger partial charge in [-0.2, -0.15) is 4.98 Å². The van der Waals surface area contributed by atoms with E-state index in [-0.39, 0.29) is 0 Å². The Labute approximate surface area is 128 Å². The zero-order valence-electron chi connectivity index (χ0n) is 13.9. The summed E-state index contributed by atoms with van der Waals surface area (Å²) in [7, 11) is 4.36. The highest BCUT2D eigenvalue weighted by molar-refractivity contribution is 5.48. The zero-order valence-corrected chi connectivity index (χ0v) is 13.9. The summed E-state index contributed by atoms with van der Waals surface area (Å²) in [6.07, 6.45) is 5.57. The van der Waals surface area contributed by atoms with E-state index in [1.807, 2.05) is 6.20 Å². The molecule has 1 aromatic rings. The summed E-state index contributed by atoms with van der Waals surface area (Å²) in [5.74, 6) is 2.57. The molecule has 0 saturated carbocycles. The van der Waals surface area contributed by atoms with Crippen LogP contribution in [0.1, 0.15) is 31.7 Å². The van der Waals surface area contributed by atoms with Gasteiger partial charge in [0.25, 0.3) is 0 Å². The number of aryl methyl sites for hydroxylation is 1. The molecule has 0 aromatic carbocycles. The molecule has 2 rings (SSSR count). The standard InChI is InChI=1S/C16H29N5/c1-5-8-17-16-18-11-13(2)15(19-16)21(4)12-14-6-9-20(3)10-7-14/h11,14H,5-10,12H2,1-4H3,(H,17,18,19). The minimum Gasteiger partial charge on any atom is -0.359 e. The molecule has 1 aliphatic rings. The quantitative estimate of drug-likeness (QED) is 0.872. The molecule has 5 nitrogen and oxygen atoms in total. The summed E-state index contributed by atoms with van der Waals surface area (Å²) >= 11 is 0. The third-order valence-electron chi connectivity index (χ3n) is 4.21. The monoisotopic (exact) mass is 291 g/mol. The third kappa shape index (κ3) is 4.56. The van der Waals surface area contributed by atoms with Crippen LogP contribution in [0.25, 0.3) is 0 Å². The summed E-state index contributed by atoms with van der Waals surface area (Å²) < 4.78 is 0. The second-order valence-corrected chi connectivity index (χ2v) is 6.25. The SMILES string of the molecule is CCCNc1ncc(C)c(N(C)CC2CCN(C)CC2)n1. The molecule has 1 N–H and O–H groups in total. The average molecular weight is 291 g/mol. The number of piperidine rings is 1. The Kier molecular flexibility index (Phi) is 5.79. The van der Waals surface area contributed by atoms with Crippen molar-refractivity contribution in [3.8, 4) is 0 Å². The van der Waals surface area contributed by atoms with Crippen molar-refractivity contribution < 1.29 is 0 Å². The average Bonchev–Trinajstić information content (AvgIpc) is 2.48. The Balaban J connectivity index is 1.98. The topological polar surface area (TPSA) is 44.3 Å². The fourth-order valence-electron chi connectivity index (χ4n) is 2.86. The summed E-state index contributed by atoms with van der Waals surface area (Å²) in [5, 5.41) is 3.27. The largest absolute Gasteiger partial charge is 0.359 e. The predicted molar refractivity (Wildman–Crippen MR) is 89.0 cm³/mol. The lowest BCUT2D eigenvalue weighted by Crippen LogP contribution is -2.36. The van der Waals surface area contributed by atoms with Crippen LogP contribution < -0.4 is 10.2 Å². The molecule has 1 saturated heterocycles. The highest BCUT2D eigenvalue weighted by Crippen LogP contribution is 2.22. The van der Waals surface area contributed by atoms with Crippen LogP contribution in [0.5, 0.6) is 0 Å². The van der Waals surface area contributed by atoms with Gasteiger partial charge in [0, 0.05) is 31.9 Å². The summed E-state index contributed by atoms with van der Waals surface area (Å²) in [6.45, 7) is 8.66. The minimum absolute atomic E-state index is 0.743. The van der Waals surface area contributed by atoms with Crippen LogP contribution in [0.15, 0.2) is 6.20 Å². The first-order valence-electron chi connectivity index (χ1n) is 8.07. The molecule has 21 heavy (non-hydrogen) atoms. The Hall–Kier alpha value is -1.36. The first-order chi connectivity index (χ1) is 10.1. The summed E-state index contributed by atoms with van der Waals surface area (Å²) in [4.78, 5) is 13.8. The lowest BCUT2D eigenvalue weighted by molar-refractivity contribution is 0.222. The van der Waals surface area contributed by atoms with Crippen molar-refractivity contribution in [3.05, 3.63) is 11.8 Å². The number of hydrogen-bond donors (Lipinski definition) is 1. The second-order valence-electron chi connectivity index (χ2n) is 6.25. The number of nitrogens with zero attached hydrogens (tertiary/aromatic N) is 4. The van der Waals surface area contributed by atoms with E-state index < -0.39 is 0 Å². The molecule has 0 unspecified atom stereocenters. The van der Waals surface area contributed by atoms with Gasteiger partial charge in [-0.15, -0.1) is 0 Å². The van der Waals surface area contributed by atoms with E-state index in [1.165, 1.54) is 25.9 Å². The lowest BCUT2D eigenvalue weighted by Gasteiger charge is -2.32. The maximum absolute atomic E-state index is 4.68. The van der Waals surface area contributed by atoms with Gasteiger partial charge in [-0.1, -0.05) is 6.92 Å². The van der Waals surface area contributed by atoms with Crippen LogP contribution in [-0.2, 0) is 0 Å². The highest BCUT2D eigenvalue weighted by atomic mass is 15.2. The number of rotatable bonds is 6. The molecule has 5 heteroatoms. The van der Waals surface area contributed by atoms with E-state index in [0.29, 0.717) is 0 Å². The Bertz CT molecular complexity index is 440. The molecule has 1 aliphatic heterocycles. The first kappa shape index (κ1) is 16.0. The molecule has 1 aromatic heterocycles. The molecule has 0 aliphatic carbocycles. The van der Waals surface area contributed by atoms with Crippen LogP contribution >= 0.6 is 0 Å². The smallest absolute Gasteiger partial charge is 0.224 e. The minimum atomic E-state index is 0.743. The van der Waals surface area contributed by atoms with Crippen molar-refractivity contribution in [1.29, 1.82) is 0 Å². The van der Waals surface area contributed by atoms with Crippen LogP contribution in [0.4, 0.5) is 11.8 Å². The van der Waals surface area contributed by atoms with Crippen LogP contribution in [-0.4, -0.2) is 55.1 Å². The summed E-state index contributed by atoms with van der Waals surface area (Å²) in [6, 6.07) is 0. The van der Waals surface area contributed by atoms with E-state index in [9.17, 15) is 0 Å². The van der Waals surface area contributed by atoms with Crippen molar-refractivity contribution in [1.82, 2.24) is 14.9 Å². The molecule has 0 amide bonds. The van der Waals surface area contributed by atoms with Crippen LogP contribution in [0, 0.1) is 12.8 Å². The Morgan fingerprint density at radius 3 is 2.76 bits per heavy atom. The molecule has 2 heterocycles. The normalized spacial score (nSPS) is 17.0. The second kappa shape index (κ2) is 7.59. The van der Waals surface area contributed by atoms with Gasteiger partial charge in [-0.05, 0) is 52.2 Å². The van der Waals surface area contributed by atoms with Crippen molar-refractivity contribution in [2.45, 2.75) is 33.1 Å². The van der Waals surface area contributed by atoms with Crippen molar-refractivity contribution >= 4 is 11.8 Å². The number of anilines is 2. The fraction of sp³-hybridized carbons (Fsp3) is 0.750. The number of likely N-dealkylation sites (tertiary alicyclic amines) is 1. The lowest BCUT2D eigenvalue weighted by atomic mass is 9.96. The van der Waals surface area contributed by atoms with Gasteiger partial charge in [0.2, 0.25) is 5.95 Å². The maximum atomic E-state index is 4.68. The van der Waals surface area contributed by atoms with Gasteiger partial charge in [-0.25, -0.2) is 4.98 Å². The van der Waals surface area contributed by atoms with E-state index in [0.717, 1.165) is 42.8 Å². The predicted octanol–water partition coefficient (Wildman–Crippen LogP) is 2.38. The van der Waals surface area contributed by atoms with Crippen LogP contribution in [0.2, 0.25) is 0 Å². The number of aromatic nitrogens is 2.